The summed E-state index contributed by atoms with van der Waals surface area (Å²) in [6, 6.07) is 14.5. The Labute approximate surface area is 164 Å². The van der Waals surface area contributed by atoms with Gasteiger partial charge < -0.3 is 10.2 Å². The predicted molar refractivity (Wildman–Crippen MR) is 111 cm³/mol. The summed E-state index contributed by atoms with van der Waals surface area (Å²) in [7, 11) is 0. The van der Waals surface area contributed by atoms with Crippen molar-refractivity contribution >= 4 is 12.4 Å². The van der Waals surface area contributed by atoms with Gasteiger partial charge in [-0.25, -0.2) is 0 Å². The molecule has 0 bridgehead atoms. The Morgan fingerprint density at radius 3 is 1.57 bits per heavy atom. The Hall–Kier alpha value is -3.54. The molecule has 6 heteroatoms. The number of pyridine rings is 2. The maximum Gasteiger partial charge on any atom is 0.125 e. The van der Waals surface area contributed by atoms with Gasteiger partial charge in [-0.1, -0.05) is 12.1 Å². The number of aromatic nitrogens is 2. The molecule has 3 aromatic rings. The summed E-state index contributed by atoms with van der Waals surface area (Å²) >= 11 is 0. The fourth-order valence-electron chi connectivity index (χ4n) is 2.59. The number of rotatable bonds is 8. The third kappa shape index (κ3) is 5.74. The first kappa shape index (κ1) is 19.2. The molecule has 0 aliphatic carbocycles. The van der Waals surface area contributed by atoms with Crippen molar-refractivity contribution in [2.45, 2.75) is 12.8 Å². The van der Waals surface area contributed by atoms with Gasteiger partial charge in [0, 0.05) is 73.3 Å². The van der Waals surface area contributed by atoms with Crippen LogP contribution in [0.1, 0.15) is 22.5 Å². The van der Waals surface area contributed by atoms with E-state index < -0.39 is 0 Å². The molecule has 0 saturated carbocycles. The van der Waals surface area contributed by atoms with Crippen LogP contribution in [0.5, 0.6) is 11.5 Å². The summed E-state index contributed by atoms with van der Waals surface area (Å²) < 4.78 is 0. The average molecular weight is 374 g/mol. The van der Waals surface area contributed by atoms with Crippen LogP contribution >= 0.6 is 0 Å². The molecule has 6 nitrogen and oxygen atoms in total. The highest BCUT2D eigenvalue weighted by Gasteiger charge is 2.06. The van der Waals surface area contributed by atoms with Crippen LogP contribution in [0.15, 0.2) is 70.9 Å². The van der Waals surface area contributed by atoms with E-state index in [1.54, 1.807) is 24.8 Å². The van der Waals surface area contributed by atoms with Crippen molar-refractivity contribution in [3.8, 4) is 11.5 Å². The summed E-state index contributed by atoms with van der Waals surface area (Å²) in [6.45, 7) is 1.10. The monoisotopic (exact) mass is 374 g/mol. The van der Waals surface area contributed by atoms with E-state index in [4.69, 9.17) is 0 Å². The van der Waals surface area contributed by atoms with Crippen molar-refractivity contribution in [2.75, 3.05) is 13.1 Å². The maximum atomic E-state index is 10.2. The summed E-state index contributed by atoms with van der Waals surface area (Å²) in [6.07, 6.45) is 8.04. The van der Waals surface area contributed by atoms with Crippen LogP contribution in [0.25, 0.3) is 0 Å². The van der Waals surface area contributed by atoms with Crippen molar-refractivity contribution in [3.05, 3.63) is 83.4 Å². The van der Waals surface area contributed by atoms with E-state index in [1.807, 2.05) is 36.4 Å². The van der Waals surface area contributed by atoms with Crippen molar-refractivity contribution in [1.29, 1.82) is 0 Å². The van der Waals surface area contributed by atoms with Crippen LogP contribution in [0.3, 0.4) is 0 Å². The highest BCUT2D eigenvalue weighted by Crippen LogP contribution is 2.25. The minimum Gasteiger partial charge on any atom is -0.507 e. The normalized spacial score (nSPS) is 11.4. The molecule has 0 spiro atoms. The lowest BCUT2D eigenvalue weighted by molar-refractivity contribution is 0.459. The molecule has 1 aromatic carbocycles. The topological polar surface area (TPSA) is 91.0 Å². The summed E-state index contributed by atoms with van der Waals surface area (Å²) in [5, 5.41) is 20.4. The standard InChI is InChI=1S/C22H22N4O2/c27-21-14-18(16-24-12-8-20-6-2-4-10-26-20)22(28)13-17(21)15-23-11-7-19-5-1-3-9-25-19/h1-6,9-10,13-16,27-28H,7-8,11-12H2. The third-order valence-electron chi connectivity index (χ3n) is 4.08. The Morgan fingerprint density at radius 2 is 1.18 bits per heavy atom. The van der Waals surface area contributed by atoms with Gasteiger partial charge in [0.1, 0.15) is 11.5 Å². The number of nitrogens with zero attached hydrogens (tertiary/aromatic N) is 4. The zero-order valence-electron chi connectivity index (χ0n) is 15.4. The molecule has 0 fully saturated rings. The largest absolute Gasteiger partial charge is 0.507 e. The van der Waals surface area contributed by atoms with E-state index in [0.29, 0.717) is 37.1 Å². The summed E-state index contributed by atoms with van der Waals surface area (Å²) in [5.41, 5.74) is 2.85. The highest BCUT2D eigenvalue weighted by atomic mass is 16.3. The van der Waals surface area contributed by atoms with Gasteiger partial charge in [0.2, 0.25) is 0 Å². The molecule has 0 amide bonds. The van der Waals surface area contributed by atoms with E-state index in [-0.39, 0.29) is 11.5 Å². The molecule has 3 rings (SSSR count). The van der Waals surface area contributed by atoms with Gasteiger partial charge >= 0.3 is 0 Å². The van der Waals surface area contributed by atoms with E-state index >= 15 is 0 Å². The zero-order chi connectivity index (χ0) is 19.6. The molecule has 142 valence electrons. The molecule has 0 atom stereocenters. The number of phenols is 2. The SMILES string of the molecule is Oc1cc(C=NCCc2ccccn2)c(O)cc1C=NCCc1ccccn1. The van der Waals surface area contributed by atoms with Crippen LogP contribution in [0.4, 0.5) is 0 Å². The van der Waals surface area contributed by atoms with Gasteiger partial charge in [0.05, 0.1) is 0 Å². The van der Waals surface area contributed by atoms with Gasteiger partial charge in [0.15, 0.2) is 0 Å². The van der Waals surface area contributed by atoms with E-state index in [2.05, 4.69) is 20.0 Å². The Bertz CT molecular complexity index is 862. The number of hydrogen-bond donors (Lipinski definition) is 2. The van der Waals surface area contributed by atoms with Gasteiger partial charge in [-0.15, -0.1) is 0 Å². The van der Waals surface area contributed by atoms with Gasteiger partial charge in [0.25, 0.3) is 0 Å². The first-order chi connectivity index (χ1) is 13.7. The summed E-state index contributed by atoms with van der Waals surface area (Å²) in [4.78, 5) is 17.1. The van der Waals surface area contributed by atoms with Crippen LogP contribution in [-0.2, 0) is 12.8 Å². The molecular formula is C22H22N4O2. The molecule has 0 saturated heterocycles. The maximum absolute atomic E-state index is 10.2. The van der Waals surface area contributed by atoms with Crippen LogP contribution < -0.4 is 0 Å². The van der Waals surface area contributed by atoms with Crippen molar-refractivity contribution < 1.29 is 10.2 Å². The molecule has 28 heavy (non-hydrogen) atoms. The molecule has 0 unspecified atom stereocenters. The number of aliphatic imine (C=N–C) groups is 2. The molecular weight excluding hydrogens is 352 g/mol. The second-order valence-corrected chi connectivity index (χ2v) is 6.18. The van der Waals surface area contributed by atoms with Gasteiger partial charge in [-0.2, -0.15) is 0 Å². The molecule has 2 aromatic heterocycles. The Kier molecular flexibility index (Phi) is 6.84. The number of aromatic hydroxyl groups is 2. The van der Waals surface area contributed by atoms with Crippen LogP contribution in [0.2, 0.25) is 0 Å². The number of phenolic OH excluding ortho intramolecular Hbond substituents is 2. The first-order valence-corrected chi connectivity index (χ1v) is 9.08. The molecule has 0 aliphatic rings. The average Bonchev–Trinajstić information content (AvgIpc) is 2.73. The third-order valence-corrected chi connectivity index (χ3v) is 4.08. The second kappa shape index (κ2) is 9.97. The highest BCUT2D eigenvalue weighted by molar-refractivity contribution is 5.90. The quantitative estimate of drug-likeness (QED) is 0.468. The molecule has 2 N–H and O–H groups in total. The lowest BCUT2D eigenvalue weighted by Crippen LogP contribution is -1.95. The van der Waals surface area contributed by atoms with Crippen LogP contribution in [0, 0.1) is 0 Å². The molecule has 0 radical (unpaired) electrons. The molecule has 0 aliphatic heterocycles. The summed E-state index contributed by atoms with van der Waals surface area (Å²) in [5.74, 6) is 0.0936. The second-order valence-electron chi connectivity index (χ2n) is 6.18. The smallest absolute Gasteiger partial charge is 0.125 e. The fraction of sp³-hybridized carbons (Fsp3) is 0.182. The molecule has 2 heterocycles. The van der Waals surface area contributed by atoms with E-state index in [0.717, 1.165) is 11.4 Å². The van der Waals surface area contributed by atoms with E-state index in [9.17, 15) is 10.2 Å². The zero-order valence-corrected chi connectivity index (χ0v) is 15.4. The van der Waals surface area contributed by atoms with E-state index in [1.165, 1.54) is 12.1 Å². The minimum absolute atomic E-state index is 0.0468. The predicted octanol–water partition coefficient (Wildman–Crippen LogP) is 3.21. The van der Waals surface area contributed by atoms with Gasteiger partial charge in [-0.3, -0.25) is 20.0 Å². The first-order valence-electron chi connectivity index (χ1n) is 9.08. The Morgan fingerprint density at radius 1 is 0.714 bits per heavy atom. The van der Waals surface area contributed by atoms with Gasteiger partial charge in [-0.05, 0) is 36.4 Å². The van der Waals surface area contributed by atoms with Crippen molar-refractivity contribution in [2.24, 2.45) is 9.98 Å². The van der Waals surface area contributed by atoms with Crippen LogP contribution in [-0.4, -0.2) is 45.7 Å². The number of benzene rings is 1. The lowest BCUT2D eigenvalue weighted by Gasteiger charge is -2.04. The lowest BCUT2D eigenvalue weighted by atomic mass is 10.1. The Balaban J connectivity index is 1.55. The van der Waals surface area contributed by atoms with Crippen molar-refractivity contribution in [3.63, 3.8) is 0 Å². The van der Waals surface area contributed by atoms with Crippen molar-refractivity contribution in [1.82, 2.24) is 9.97 Å². The minimum atomic E-state index is 0.0468. The number of hydrogen-bond acceptors (Lipinski definition) is 6. The fourth-order valence-corrected chi connectivity index (χ4v) is 2.59.